The molecule has 2 heterocycles. The molecule has 1 aromatic heterocycles. The van der Waals surface area contributed by atoms with Crippen LogP contribution in [0.15, 0.2) is 36.5 Å². The maximum absolute atomic E-state index is 4.42. The minimum Gasteiger partial charge on any atom is -0.366 e. The average Bonchev–Trinajstić information content (AvgIpc) is 2.55. The Labute approximate surface area is 127 Å². The number of nitrogens with one attached hydrogen (secondary N) is 1. The van der Waals surface area contributed by atoms with Gasteiger partial charge in [-0.2, -0.15) is 0 Å². The summed E-state index contributed by atoms with van der Waals surface area (Å²) in [6, 6.07) is 11.3. The molecule has 112 valence electrons. The standard InChI is InChI=1S/C18H25N3/c1-4-18(5-2)13-21(14(3)12-20-18)16-8-9-17-15(11-16)7-6-10-19-17/h6-11,14,20H,4-5,12-13H2,1-3H3. The van der Waals surface area contributed by atoms with E-state index >= 15 is 0 Å². The van der Waals surface area contributed by atoms with Gasteiger partial charge >= 0.3 is 0 Å². The van der Waals surface area contributed by atoms with Gasteiger partial charge in [0.15, 0.2) is 0 Å². The van der Waals surface area contributed by atoms with Gasteiger partial charge in [-0.15, -0.1) is 0 Å². The molecule has 1 aliphatic rings. The zero-order valence-corrected chi connectivity index (χ0v) is 13.3. The summed E-state index contributed by atoms with van der Waals surface area (Å²) in [5.41, 5.74) is 2.63. The number of hydrogen-bond acceptors (Lipinski definition) is 3. The summed E-state index contributed by atoms with van der Waals surface area (Å²) in [6.45, 7) is 9.00. The summed E-state index contributed by atoms with van der Waals surface area (Å²) in [5, 5.41) is 4.99. The molecule has 1 aromatic carbocycles. The third-order valence-electron chi connectivity index (χ3n) is 5.05. The van der Waals surface area contributed by atoms with Crippen molar-refractivity contribution in [3.05, 3.63) is 36.5 Å². The van der Waals surface area contributed by atoms with E-state index in [9.17, 15) is 0 Å². The second kappa shape index (κ2) is 5.64. The Balaban J connectivity index is 1.95. The van der Waals surface area contributed by atoms with E-state index in [0.29, 0.717) is 6.04 Å². The minimum atomic E-state index is 0.246. The SMILES string of the molecule is CCC1(CC)CN(c2ccc3ncccc3c2)C(C)CN1. The van der Waals surface area contributed by atoms with Crippen molar-refractivity contribution in [2.45, 2.75) is 45.2 Å². The van der Waals surface area contributed by atoms with E-state index in [4.69, 9.17) is 0 Å². The highest BCUT2D eigenvalue weighted by atomic mass is 15.3. The average molecular weight is 283 g/mol. The second-order valence-electron chi connectivity index (χ2n) is 6.23. The summed E-state index contributed by atoms with van der Waals surface area (Å²) in [4.78, 5) is 6.97. The molecule has 0 radical (unpaired) electrons. The molecule has 3 heteroatoms. The number of benzene rings is 1. The lowest BCUT2D eigenvalue weighted by Gasteiger charge is -2.47. The Morgan fingerprint density at radius 3 is 2.86 bits per heavy atom. The van der Waals surface area contributed by atoms with Crippen molar-refractivity contribution in [3.63, 3.8) is 0 Å². The molecule has 1 saturated heterocycles. The highest BCUT2D eigenvalue weighted by Gasteiger charge is 2.35. The molecule has 3 nitrogen and oxygen atoms in total. The van der Waals surface area contributed by atoms with Crippen LogP contribution in [0.2, 0.25) is 0 Å². The van der Waals surface area contributed by atoms with Crippen LogP contribution in [0.3, 0.4) is 0 Å². The Bertz CT molecular complexity index is 619. The van der Waals surface area contributed by atoms with Gasteiger partial charge in [0.2, 0.25) is 0 Å². The lowest BCUT2D eigenvalue weighted by Crippen LogP contribution is -2.63. The van der Waals surface area contributed by atoms with Crippen molar-refractivity contribution in [1.29, 1.82) is 0 Å². The van der Waals surface area contributed by atoms with Crippen molar-refractivity contribution in [3.8, 4) is 0 Å². The number of piperazine rings is 1. The molecule has 0 bridgehead atoms. The Hall–Kier alpha value is -1.61. The van der Waals surface area contributed by atoms with Crippen molar-refractivity contribution in [2.24, 2.45) is 0 Å². The third kappa shape index (κ3) is 2.62. The topological polar surface area (TPSA) is 28.2 Å². The largest absolute Gasteiger partial charge is 0.366 e. The van der Waals surface area contributed by atoms with Crippen LogP contribution in [-0.4, -0.2) is 29.7 Å². The monoisotopic (exact) mass is 283 g/mol. The Morgan fingerprint density at radius 2 is 2.10 bits per heavy atom. The van der Waals surface area contributed by atoms with Gasteiger partial charge in [0.05, 0.1) is 5.52 Å². The van der Waals surface area contributed by atoms with Crippen LogP contribution in [0.5, 0.6) is 0 Å². The fraction of sp³-hybridized carbons (Fsp3) is 0.500. The van der Waals surface area contributed by atoms with Crippen molar-refractivity contribution >= 4 is 16.6 Å². The number of anilines is 1. The van der Waals surface area contributed by atoms with Crippen LogP contribution in [0.1, 0.15) is 33.6 Å². The van der Waals surface area contributed by atoms with Crippen LogP contribution in [-0.2, 0) is 0 Å². The van der Waals surface area contributed by atoms with Gasteiger partial charge in [-0.1, -0.05) is 19.9 Å². The molecule has 3 rings (SSSR count). The Morgan fingerprint density at radius 1 is 1.29 bits per heavy atom. The maximum Gasteiger partial charge on any atom is 0.0703 e. The van der Waals surface area contributed by atoms with Crippen LogP contribution in [0.4, 0.5) is 5.69 Å². The van der Waals surface area contributed by atoms with E-state index < -0.39 is 0 Å². The molecule has 1 fully saturated rings. The highest BCUT2D eigenvalue weighted by molar-refractivity contribution is 5.82. The summed E-state index contributed by atoms with van der Waals surface area (Å²) < 4.78 is 0. The van der Waals surface area contributed by atoms with Gasteiger partial charge in [0.1, 0.15) is 0 Å². The fourth-order valence-corrected chi connectivity index (χ4v) is 3.32. The molecule has 0 aliphatic carbocycles. The molecular weight excluding hydrogens is 258 g/mol. The number of pyridine rings is 1. The van der Waals surface area contributed by atoms with E-state index in [1.54, 1.807) is 0 Å². The van der Waals surface area contributed by atoms with Crippen LogP contribution in [0, 0.1) is 0 Å². The summed E-state index contributed by atoms with van der Waals surface area (Å²) in [7, 11) is 0. The first kappa shape index (κ1) is 14.3. The predicted molar refractivity (Wildman–Crippen MR) is 89.9 cm³/mol. The first-order valence-electron chi connectivity index (χ1n) is 8.04. The van der Waals surface area contributed by atoms with Crippen molar-refractivity contribution < 1.29 is 0 Å². The smallest absolute Gasteiger partial charge is 0.0703 e. The zero-order chi connectivity index (χ0) is 14.9. The summed E-state index contributed by atoms with van der Waals surface area (Å²) >= 11 is 0. The predicted octanol–water partition coefficient (Wildman–Crippen LogP) is 3.59. The molecule has 1 unspecified atom stereocenters. The minimum absolute atomic E-state index is 0.246. The lowest BCUT2D eigenvalue weighted by molar-refractivity contribution is 0.254. The van der Waals surface area contributed by atoms with Crippen molar-refractivity contribution in [2.75, 3.05) is 18.0 Å². The fourth-order valence-electron chi connectivity index (χ4n) is 3.32. The van der Waals surface area contributed by atoms with Gasteiger partial charge in [-0.3, -0.25) is 4.98 Å². The molecule has 0 spiro atoms. The molecular formula is C18H25N3. The van der Waals surface area contributed by atoms with E-state index in [1.807, 2.05) is 12.3 Å². The van der Waals surface area contributed by atoms with Gasteiger partial charge in [0, 0.05) is 41.9 Å². The first-order chi connectivity index (χ1) is 10.2. The summed E-state index contributed by atoms with van der Waals surface area (Å²) in [6.07, 6.45) is 4.19. The van der Waals surface area contributed by atoms with Gasteiger partial charge in [-0.05, 0) is 44.0 Å². The molecule has 0 amide bonds. The van der Waals surface area contributed by atoms with Gasteiger partial charge in [-0.25, -0.2) is 0 Å². The first-order valence-corrected chi connectivity index (χ1v) is 8.04. The Kier molecular flexibility index (Phi) is 3.85. The van der Waals surface area contributed by atoms with E-state index in [-0.39, 0.29) is 5.54 Å². The van der Waals surface area contributed by atoms with Crippen LogP contribution in [0.25, 0.3) is 10.9 Å². The number of nitrogens with zero attached hydrogens (tertiary/aromatic N) is 2. The van der Waals surface area contributed by atoms with E-state index in [0.717, 1.165) is 18.6 Å². The molecule has 1 N–H and O–H groups in total. The quantitative estimate of drug-likeness (QED) is 0.933. The maximum atomic E-state index is 4.42. The number of rotatable bonds is 3. The number of fused-ring (bicyclic) bond motifs is 1. The van der Waals surface area contributed by atoms with E-state index in [2.05, 4.69) is 60.2 Å². The zero-order valence-electron chi connectivity index (χ0n) is 13.3. The number of hydrogen-bond donors (Lipinski definition) is 1. The summed E-state index contributed by atoms with van der Waals surface area (Å²) in [5.74, 6) is 0. The van der Waals surface area contributed by atoms with Gasteiger partial charge < -0.3 is 10.2 Å². The lowest BCUT2D eigenvalue weighted by atomic mass is 9.88. The highest BCUT2D eigenvalue weighted by Crippen LogP contribution is 2.29. The number of aromatic nitrogens is 1. The van der Waals surface area contributed by atoms with E-state index in [1.165, 1.54) is 23.9 Å². The van der Waals surface area contributed by atoms with Crippen LogP contribution >= 0.6 is 0 Å². The normalized spacial score (nSPS) is 21.7. The molecule has 0 saturated carbocycles. The molecule has 1 atom stereocenters. The molecule has 1 aliphatic heterocycles. The molecule has 2 aromatic rings. The van der Waals surface area contributed by atoms with Crippen LogP contribution < -0.4 is 10.2 Å². The second-order valence-corrected chi connectivity index (χ2v) is 6.23. The molecule has 21 heavy (non-hydrogen) atoms. The van der Waals surface area contributed by atoms with Gasteiger partial charge in [0.25, 0.3) is 0 Å². The van der Waals surface area contributed by atoms with Crippen molar-refractivity contribution in [1.82, 2.24) is 10.3 Å². The third-order valence-corrected chi connectivity index (χ3v) is 5.05.